The van der Waals surface area contributed by atoms with Crippen molar-refractivity contribution in [1.29, 1.82) is 0 Å². The molecule has 1 aromatic heterocycles. The Balaban J connectivity index is 0.00000225. The van der Waals surface area contributed by atoms with Crippen LogP contribution in [0.5, 0.6) is 5.75 Å². The number of nitrogens with one attached hydrogen (secondary N) is 2. The fourth-order valence-corrected chi connectivity index (χ4v) is 3.68. The van der Waals surface area contributed by atoms with Crippen molar-refractivity contribution in [2.45, 2.75) is 18.4 Å². The Labute approximate surface area is 170 Å². The molecular formula is C21H25ClN4O2. The van der Waals surface area contributed by atoms with E-state index in [0.29, 0.717) is 13.2 Å². The minimum Gasteiger partial charge on any atom is -0.492 e. The number of benzene rings is 2. The lowest BCUT2D eigenvalue weighted by molar-refractivity contribution is -0.132. The van der Waals surface area contributed by atoms with Crippen LogP contribution in [0.1, 0.15) is 12.8 Å². The fraction of sp³-hybridized carbons (Fsp3) is 0.333. The topological polar surface area (TPSA) is 68.2 Å². The predicted octanol–water partition coefficient (Wildman–Crippen LogP) is 2.73. The largest absolute Gasteiger partial charge is 0.492 e. The molecule has 0 atom stereocenters. The van der Waals surface area contributed by atoms with Gasteiger partial charge in [0.1, 0.15) is 17.9 Å². The zero-order valence-corrected chi connectivity index (χ0v) is 16.5. The summed E-state index contributed by atoms with van der Waals surface area (Å²) in [6.07, 6.45) is 5.05. The van der Waals surface area contributed by atoms with Gasteiger partial charge in [0.05, 0.1) is 6.54 Å². The number of amides is 1. The van der Waals surface area contributed by atoms with Crippen LogP contribution in [0.4, 0.5) is 0 Å². The summed E-state index contributed by atoms with van der Waals surface area (Å²) in [6.45, 7) is 2.50. The number of rotatable bonds is 6. The zero-order chi connectivity index (χ0) is 18.5. The predicted molar refractivity (Wildman–Crippen MR) is 112 cm³/mol. The number of aromatic nitrogens is 2. The second-order valence-electron chi connectivity index (χ2n) is 6.85. The molecule has 148 valence electrons. The Kier molecular flexibility index (Phi) is 6.54. The van der Waals surface area contributed by atoms with E-state index in [4.69, 9.17) is 4.74 Å². The van der Waals surface area contributed by atoms with Gasteiger partial charge in [0.25, 0.3) is 0 Å². The van der Waals surface area contributed by atoms with Crippen LogP contribution in [-0.4, -0.2) is 41.9 Å². The molecule has 7 heteroatoms. The van der Waals surface area contributed by atoms with E-state index >= 15 is 0 Å². The molecule has 2 aromatic carbocycles. The van der Waals surface area contributed by atoms with Crippen LogP contribution in [0, 0.1) is 0 Å². The van der Waals surface area contributed by atoms with Crippen LogP contribution < -0.4 is 15.4 Å². The number of ether oxygens (including phenoxy) is 1. The van der Waals surface area contributed by atoms with Crippen molar-refractivity contribution in [1.82, 2.24) is 20.4 Å². The van der Waals surface area contributed by atoms with Gasteiger partial charge in [-0.05, 0) is 54.9 Å². The van der Waals surface area contributed by atoms with Crippen molar-refractivity contribution in [3.63, 3.8) is 0 Å². The second-order valence-corrected chi connectivity index (χ2v) is 6.85. The first kappa shape index (κ1) is 20.2. The number of piperidine rings is 1. The van der Waals surface area contributed by atoms with E-state index in [0.717, 1.165) is 37.1 Å². The van der Waals surface area contributed by atoms with Crippen LogP contribution in [-0.2, 0) is 10.3 Å². The maximum Gasteiger partial charge on any atom is 0.248 e. The lowest BCUT2D eigenvalue weighted by atomic mass is 9.87. The number of hydrogen-bond acceptors (Lipinski definition) is 4. The Morgan fingerprint density at radius 2 is 1.93 bits per heavy atom. The number of halogens is 1. The zero-order valence-electron chi connectivity index (χ0n) is 15.6. The minimum atomic E-state index is -0.613. The summed E-state index contributed by atoms with van der Waals surface area (Å²) in [5.74, 6) is 0.821. The highest BCUT2D eigenvalue weighted by molar-refractivity contribution is 5.85. The van der Waals surface area contributed by atoms with E-state index in [-0.39, 0.29) is 18.3 Å². The fourth-order valence-electron chi connectivity index (χ4n) is 3.68. The van der Waals surface area contributed by atoms with Gasteiger partial charge in [-0.25, -0.2) is 0 Å². The number of carbonyl (C=O) groups excluding carboxylic acids is 1. The molecule has 0 radical (unpaired) electrons. The first-order chi connectivity index (χ1) is 13.3. The van der Waals surface area contributed by atoms with Crippen molar-refractivity contribution < 1.29 is 9.53 Å². The minimum absolute atomic E-state index is 0. The summed E-state index contributed by atoms with van der Waals surface area (Å²) in [7, 11) is 0. The van der Waals surface area contributed by atoms with E-state index in [1.807, 2.05) is 42.6 Å². The van der Waals surface area contributed by atoms with E-state index < -0.39 is 5.54 Å². The van der Waals surface area contributed by atoms with Crippen LogP contribution in [0.15, 0.2) is 60.9 Å². The molecule has 6 nitrogen and oxygen atoms in total. The molecule has 0 aliphatic carbocycles. The standard InChI is InChI=1S/C21H24N4O2.ClH/c26-20(21(8-11-22-12-9-21)25-14-3-10-24-25)23-13-15-27-19-7-6-17-4-1-2-5-18(17)16-19;/h1-7,10,14,16,22H,8-9,11-13,15H2,(H,23,26);1H. The maximum absolute atomic E-state index is 12.9. The number of hydrogen-bond donors (Lipinski definition) is 2. The van der Waals surface area contributed by atoms with E-state index in [2.05, 4.69) is 27.9 Å². The Hall–Kier alpha value is -2.57. The summed E-state index contributed by atoms with van der Waals surface area (Å²) >= 11 is 0. The average molecular weight is 401 g/mol. The Bertz CT molecular complexity index is 908. The van der Waals surface area contributed by atoms with Crippen molar-refractivity contribution in [3.8, 4) is 5.75 Å². The lowest BCUT2D eigenvalue weighted by Gasteiger charge is -2.36. The van der Waals surface area contributed by atoms with Crippen molar-refractivity contribution >= 4 is 29.1 Å². The van der Waals surface area contributed by atoms with Gasteiger partial charge in [-0.15, -0.1) is 12.4 Å². The molecule has 1 amide bonds. The quantitative estimate of drug-likeness (QED) is 0.624. The average Bonchev–Trinajstić information content (AvgIpc) is 3.27. The highest BCUT2D eigenvalue weighted by Gasteiger charge is 2.41. The molecule has 4 rings (SSSR count). The molecule has 1 aliphatic rings. The summed E-state index contributed by atoms with van der Waals surface area (Å²) in [4.78, 5) is 12.9. The van der Waals surface area contributed by atoms with Crippen LogP contribution in [0.3, 0.4) is 0 Å². The third-order valence-electron chi connectivity index (χ3n) is 5.17. The molecule has 0 bridgehead atoms. The molecule has 2 heterocycles. The molecule has 1 aliphatic heterocycles. The number of nitrogens with zero attached hydrogens (tertiary/aromatic N) is 2. The third kappa shape index (κ3) is 4.13. The van der Waals surface area contributed by atoms with Gasteiger partial charge in [0, 0.05) is 12.4 Å². The summed E-state index contributed by atoms with van der Waals surface area (Å²) < 4.78 is 7.62. The molecule has 0 saturated carbocycles. The number of carbonyl (C=O) groups is 1. The van der Waals surface area contributed by atoms with Crippen LogP contribution >= 0.6 is 12.4 Å². The Morgan fingerprint density at radius 1 is 1.14 bits per heavy atom. The molecule has 0 unspecified atom stereocenters. The normalized spacial score (nSPS) is 15.6. The lowest BCUT2D eigenvalue weighted by Crippen LogP contribution is -2.55. The van der Waals surface area contributed by atoms with Gasteiger partial charge in [0.15, 0.2) is 0 Å². The van der Waals surface area contributed by atoms with Gasteiger partial charge < -0.3 is 15.4 Å². The van der Waals surface area contributed by atoms with Gasteiger partial charge in [-0.2, -0.15) is 5.10 Å². The van der Waals surface area contributed by atoms with E-state index in [1.165, 1.54) is 5.39 Å². The summed E-state index contributed by atoms with van der Waals surface area (Å²) in [6, 6.07) is 16.1. The van der Waals surface area contributed by atoms with Gasteiger partial charge in [0.2, 0.25) is 5.91 Å². The van der Waals surface area contributed by atoms with Crippen molar-refractivity contribution in [2.75, 3.05) is 26.2 Å². The molecule has 0 spiro atoms. The maximum atomic E-state index is 12.9. The van der Waals surface area contributed by atoms with Gasteiger partial charge in [-0.1, -0.05) is 30.3 Å². The Morgan fingerprint density at radius 3 is 2.68 bits per heavy atom. The smallest absolute Gasteiger partial charge is 0.248 e. The highest BCUT2D eigenvalue weighted by Crippen LogP contribution is 2.27. The van der Waals surface area contributed by atoms with E-state index in [9.17, 15) is 4.79 Å². The molecule has 28 heavy (non-hydrogen) atoms. The van der Waals surface area contributed by atoms with Crippen LogP contribution in [0.2, 0.25) is 0 Å². The molecule has 2 N–H and O–H groups in total. The molecule has 1 fully saturated rings. The molecule has 3 aromatic rings. The highest BCUT2D eigenvalue weighted by atomic mass is 35.5. The van der Waals surface area contributed by atoms with Gasteiger partial charge in [-0.3, -0.25) is 9.48 Å². The van der Waals surface area contributed by atoms with Gasteiger partial charge >= 0.3 is 0 Å². The van der Waals surface area contributed by atoms with E-state index in [1.54, 1.807) is 10.9 Å². The van der Waals surface area contributed by atoms with Crippen molar-refractivity contribution in [3.05, 3.63) is 60.9 Å². The first-order valence-corrected chi connectivity index (χ1v) is 9.39. The SMILES string of the molecule is Cl.O=C(NCCOc1ccc2ccccc2c1)C1(n2cccn2)CCNCC1. The summed E-state index contributed by atoms with van der Waals surface area (Å²) in [5, 5.41) is 13.0. The van der Waals surface area contributed by atoms with Crippen LogP contribution in [0.25, 0.3) is 10.8 Å². The first-order valence-electron chi connectivity index (χ1n) is 9.39. The molecular weight excluding hydrogens is 376 g/mol. The molecule has 1 saturated heterocycles. The number of fused-ring (bicyclic) bond motifs is 1. The van der Waals surface area contributed by atoms with Crippen molar-refractivity contribution in [2.24, 2.45) is 0 Å². The second kappa shape index (κ2) is 9.08. The monoisotopic (exact) mass is 400 g/mol. The third-order valence-corrected chi connectivity index (χ3v) is 5.17. The summed E-state index contributed by atoms with van der Waals surface area (Å²) in [5.41, 5.74) is -0.613.